The molecule has 4 rings (SSSR count). The highest BCUT2D eigenvalue weighted by molar-refractivity contribution is 7.13. The maximum absolute atomic E-state index is 12.5. The number of hydrogen-bond donors (Lipinski definition) is 1. The molecule has 0 radical (unpaired) electrons. The maximum Gasteiger partial charge on any atom is 0.227 e. The molecule has 3 heterocycles. The molecule has 6 nitrogen and oxygen atoms in total. The lowest BCUT2D eigenvalue weighted by atomic mass is 9.89. The summed E-state index contributed by atoms with van der Waals surface area (Å²) in [6.07, 6.45) is 3.56. The molecule has 0 aliphatic carbocycles. The number of rotatable bonds is 4. The number of fused-ring (bicyclic) bond motifs is 1. The van der Waals surface area contributed by atoms with Gasteiger partial charge in [0.25, 0.3) is 0 Å². The quantitative estimate of drug-likeness (QED) is 0.897. The highest BCUT2D eigenvalue weighted by Crippen LogP contribution is 2.28. The number of nitrogens with one attached hydrogen (secondary N) is 1. The molecule has 2 aliphatic rings. The molecule has 1 atom stereocenters. The SMILES string of the molecule is O=C1Nc2ccccc2C[C@@H]1CCC(=O)N1CCN(c2nccs2)CC1. The average Bonchev–Trinajstić information content (AvgIpc) is 3.21. The monoisotopic (exact) mass is 370 g/mol. The Bertz CT molecular complexity index is 785. The standard InChI is InChI=1S/C19H22N4O2S/c24-17(22-8-10-23(11-9-22)19-20-7-12-26-19)6-5-15-13-14-3-1-2-4-16(14)21-18(15)25/h1-4,7,12,15H,5-6,8-11,13H2,(H,21,25)/t15-/m0/s1. The molecule has 1 saturated heterocycles. The second-order valence-electron chi connectivity index (χ2n) is 6.77. The largest absolute Gasteiger partial charge is 0.345 e. The molecule has 0 unspecified atom stereocenters. The van der Waals surface area contributed by atoms with Crippen LogP contribution in [0.25, 0.3) is 0 Å². The van der Waals surface area contributed by atoms with Crippen LogP contribution in [0.3, 0.4) is 0 Å². The summed E-state index contributed by atoms with van der Waals surface area (Å²) < 4.78 is 0. The van der Waals surface area contributed by atoms with Gasteiger partial charge >= 0.3 is 0 Å². The maximum atomic E-state index is 12.5. The number of piperazine rings is 1. The van der Waals surface area contributed by atoms with Gasteiger partial charge in [0.2, 0.25) is 11.8 Å². The predicted molar refractivity (Wildman–Crippen MR) is 102 cm³/mol. The normalized spacial score (nSPS) is 19.8. The van der Waals surface area contributed by atoms with Crippen LogP contribution in [0.5, 0.6) is 0 Å². The number of amides is 2. The Morgan fingerprint density at radius 2 is 2.04 bits per heavy atom. The van der Waals surface area contributed by atoms with Crippen LogP contribution >= 0.6 is 11.3 Å². The average molecular weight is 370 g/mol. The molecule has 136 valence electrons. The fourth-order valence-electron chi connectivity index (χ4n) is 3.62. The number of nitrogens with zero attached hydrogens (tertiary/aromatic N) is 3. The number of aromatic nitrogens is 1. The topological polar surface area (TPSA) is 65.5 Å². The first kappa shape index (κ1) is 17.0. The molecule has 0 saturated carbocycles. The number of thiazole rings is 1. The molecule has 2 aliphatic heterocycles. The Balaban J connectivity index is 1.28. The summed E-state index contributed by atoms with van der Waals surface area (Å²) in [5, 5.41) is 5.95. The van der Waals surface area contributed by atoms with Crippen molar-refractivity contribution in [3.05, 3.63) is 41.4 Å². The molecule has 1 aromatic heterocycles. The van der Waals surface area contributed by atoms with E-state index in [9.17, 15) is 9.59 Å². The van der Waals surface area contributed by atoms with Crippen molar-refractivity contribution in [3.8, 4) is 0 Å². The van der Waals surface area contributed by atoms with Gasteiger partial charge in [-0.2, -0.15) is 0 Å². The lowest BCUT2D eigenvalue weighted by Crippen LogP contribution is -2.49. The van der Waals surface area contributed by atoms with Crippen LogP contribution in [0.15, 0.2) is 35.8 Å². The molecule has 1 fully saturated rings. The van der Waals surface area contributed by atoms with Crippen LogP contribution in [0.2, 0.25) is 0 Å². The molecule has 26 heavy (non-hydrogen) atoms. The summed E-state index contributed by atoms with van der Waals surface area (Å²) in [6.45, 7) is 3.07. The van der Waals surface area contributed by atoms with Crippen molar-refractivity contribution in [1.82, 2.24) is 9.88 Å². The predicted octanol–water partition coefficient (Wildman–Crippen LogP) is 2.38. The van der Waals surface area contributed by atoms with Crippen LogP contribution in [0.1, 0.15) is 18.4 Å². The fraction of sp³-hybridized carbons (Fsp3) is 0.421. The molecule has 2 amide bonds. The van der Waals surface area contributed by atoms with E-state index >= 15 is 0 Å². The van der Waals surface area contributed by atoms with E-state index < -0.39 is 0 Å². The first-order valence-electron chi connectivity index (χ1n) is 9.01. The summed E-state index contributed by atoms with van der Waals surface area (Å²) in [7, 11) is 0. The third-order valence-electron chi connectivity index (χ3n) is 5.14. The van der Waals surface area contributed by atoms with Gasteiger partial charge in [-0.15, -0.1) is 11.3 Å². The number of benzene rings is 1. The molecular formula is C19H22N4O2S. The van der Waals surface area contributed by atoms with E-state index in [-0.39, 0.29) is 17.7 Å². The Hall–Kier alpha value is -2.41. The molecule has 1 aromatic carbocycles. The van der Waals surface area contributed by atoms with Crippen molar-refractivity contribution in [2.24, 2.45) is 5.92 Å². The number of hydrogen-bond acceptors (Lipinski definition) is 5. The van der Waals surface area contributed by atoms with Gasteiger partial charge in [0.15, 0.2) is 5.13 Å². The van der Waals surface area contributed by atoms with Crippen molar-refractivity contribution in [1.29, 1.82) is 0 Å². The minimum absolute atomic E-state index is 0.0325. The van der Waals surface area contributed by atoms with E-state index in [2.05, 4.69) is 15.2 Å². The Morgan fingerprint density at radius 3 is 2.81 bits per heavy atom. The highest BCUT2D eigenvalue weighted by atomic mass is 32.1. The van der Waals surface area contributed by atoms with E-state index in [1.807, 2.05) is 40.7 Å². The van der Waals surface area contributed by atoms with E-state index in [1.165, 1.54) is 0 Å². The lowest BCUT2D eigenvalue weighted by Gasteiger charge is -2.35. The Labute approximate surface area is 156 Å². The molecule has 7 heteroatoms. The van der Waals surface area contributed by atoms with Gasteiger partial charge in [-0.05, 0) is 24.5 Å². The van der Waals surface area contributed by atoms with Crippen molar-refractivity contribution < 1.29 is 9.59 Å². The van der Waals surface area contributed by atoms with Gasteiger partial charge in [0, 0.05) is 55.8 Å². The molecule has 0 spiro atoms. The minimum Gasteiger partial charge on any atom is -0.345 e. The van der Waals surface area contributed by atoms with Crippen LogP contribution in [0.4, 0.5) is 10.8 Å². The first-order chi connectivity index (χ1) is 12.7. The number of anilines is 2. The van der Waals surface area contributed by atoms with Crippen molar-refractivity contribution in [3.63, 3.8) is 0 Å². The Morgan fingerprint density at radius 1 is 1.23 bits per heavy atom. The highest BCUT2D eigenvalue weighted by Gasteiger charge is 2.28. The third-order valence-corrected chi connectivity index (χ3v) is 5.97. The summed E-state index contributed by atoms with van der Waals surface area (Å²) in [5.41, 5.74) is 2.06. The van der Waals surface area contributed by atoms with Gasteiger partial charge in [-0.3, -0.25) is 9.59 Å². The zero-order valence-electron chi connectivity index (χ0n) is 14.6. The number of para-hydroxylation sites is 1. The second-order valence-corrected chi connectivity index (χ2v) is 7.64. The molecule has 1 N–H and O–H groups in total. The van der Waals surface area contributed by atoms with E-state index in [0.717, 1.165) is 42.6 Å². The third kappa shape index (κ3) is 3.58. The van der Waals surface area contributed by atoms with Crippen LogP contribution in [0, 0.1) is 5.92 Å². The molecule has 2 aromatic rings. The van der Waals surface area contributed by atoms with Crippen molar-refractivity contribution >= 4 is 34.0 Å². The van der Waals surface area contributed by atoms with Crippen molar-refractivity contribution in [2.45, 2.75) is 19.3 Å². The first-order valence-corrected chi connectivity index (χ1v) is 9.89. The summed E-state index contributed by atoms with van der Waals surface area (Å²) in [5.74, 6) is 0.0611. The summed E-state index contributed by atoms with van der Waals surface area (Å²) >= 11 is 1.63. The number of carbonyl (C=O) groups excluding carboxylic acids is 2. The van der Waals surface area contributed by atoms with E-state index in [1.54, 1.807) is 11.3 Å². The Kier molecular flexibility index (Phi) is 4.88. The van der Waals surface area contributed by atoms with Gasteiger partial charge in [0.05, 0.1) is 0 Å². The van der Waals surface area contributed by atoms with Crippen LogP contribution < -0.4 is 10.2 Å². The second kappa shape index (κ2) is 7.45. The zero-order chi connectivity index (χ0) is 17.9. The lowest BCUT2D eigenvalue weighted by molar-refractivity contribution is -0.132. The molecule has 0 bridgehead atoms. The smallest absolute Gasteiger partial charge is 0.227 e. The van der Waals surface area contributed by atoms with Gasteiger partial charge < -0.3 is 15.1 Å². The van der Waals surface area contributed by atoms with Gasteiger partial charge in [-0.1, -0.05) is 18.2 Å². The summed E-state index contributed by atoms with van der Waals surface area (Å²) in [6, 6.07) is 7.88. The molecular weight excluding hydrogens is 348 g/mol. The van der Waals surface area contributed by atoms with Gasteiger partial charge in [0.1, 0.15) is 0 Å². The zero-order valence-corrected chi connectivity index (χ0v) is 15.4. The minimum atomic E-state index is -0.120. The number of carbonyl (C=O) groups is 2. The van der Waals surface area contributed by atoms with Crippen LogP contribution in [-0.4, -0.2) is 47.9 Å². The van der Waals surface area contributed by atoms with Crippen molar-refractivity contribution in [2.75, 3.05) is 36.4 Å². The van der Waals surface area contributed by atoms with E-state index in [0.29, 0.717) is 19.3 Å². The van der Waals surface area contributed by atoms with E-state index in [4.69, 9.17) is 0 Å². The van der Waals surface area contributed by atoms with Crippen LogP contribution in [-0.2, 0) is 16.0 Å². The fourth-order valence-corrected chi connectivity index (χ4v) is 4.32. The van der Waals surface area contributed by atoms with Gasteiger partial charge in [-0.25, -0.2) is 4.98 Å². The summed E-state index contributed by atoms with van der Waals surface area (Å²) in [4.78, 5) is 33.3.